The first-order chi connectivity index (χ1) is 9.70. The summed E-state index contributed by atoms with van der Waals surface area (Å²) >= 11 is 4.43. The zero-order valence-corrected chi connectivity index (χ0v) is 13.7. The lowest BCUT2D eigenvalue weighted by Crippen LogP contribution is -2.13. The zero-order chi connectivity index (χ0) is 15.8. The molecule has 0 bridgehead atoms. The second kappa shape index (κ2) is 5.70. The van der Waals surface area contributed by atoms with E-state index in [1.54, 1.807) is 6.92 Å². The van der Waals surface area contributed by atoms with E-state index in [1.807, 2.05) is 0 Å². The molecule has 112 valence electrons. The monoisotopic (exact) mass is 394 g/mol. The van der Waals surface area contributed by atoms with Crippen molar-refractivity contribution in [3.63, 3.8) is 0 Å². The molecule has 0 amide bonds. The molecule has 2 rings (SSSR count). The smallest absolute Gasteiger partial charge is 0.279 e. The van der Waals surface area contributed by atoms with Crippen molar-refractivity contribution in [3.8, 4) is 0 Å². The molecule has 0 saturated heterocycles. The molecule has 21 heavy (non-hydrogen) atoms. The van der Waals surface area contributed by atoms with Crippen molar-refractivity contribution in [2.75, 3.05) is 4.72 Å². The maximum Gasteiger partial charge on any atom is 0.306 e. The van der Waals surface area contributed by atoms with Crippen molar-refractivity contribution >= 4 is 48.7 Å². The molecule has 0 saturated carbocycles. The van der Waals surface area contributed by atoms with Gasteiger partial charge in [-0.2, -0.15) is 4.39 Å². The van der Waals surface area contributed by atoms with Gasteiger partial charge in [-0.05, 0) is 41.1 Å². The van der Waals surface area contributed by atoms with E-state index in [9.17, 15) is 22.9 Å². The average molecular weight is 395 g/mol. The van der Waals surface area contributed by atoms with Crippen LogP contribution < -0.4 is 4.72 Å². The molecule has 1 aromatic carbocycles. The van der Waals surface area contributed by atoms with Crippen LogP contribution in [0.25, 0.3) is 0 Å². The summed E-state index contributed by atoms with van der Waals surface area (Å²) in [6.45, 7) is 1.64. The topological polar surface area (TPSA) is 89.3 Å². The normalized spacial score (nSPS) is 11.4. The van der Waals surface area contributed by atoms with Gasteiger partial charge in [0.05, 0.1) is 14.4 Å². The Morgan fingerprint density at radius 1 is 1.38 bits per heavy atom. The van der Waals surface area contributed by atoms with Crippen molar-refractivity contribution in [2.45, 2.75) is 11.8 Å². The average Bonchev–Trinajstić information content (AvgIpc) is 2.71. The summed E-state index contributed by atoms with van der Waals surface area (Å²) in [6.07, 6.45) is 0. The summed E-state index contributed by atoms with van der Waals surface area (Å²) in [4.78, 5) is 10.4. The minimum atomic E-state index is -3.89. The predicted molar refractivity (Wildman–Crippen MR) is 80.6 cm³/mol. The number of nitro benzene ring substituents is 1. The Kier molecular flexibility index (Phi) is 4.30. The van der Waals surface area contributed by atoms with Gasteiger partial charge in [0.25, 0.3) is 10.0 Å². The van der Waals surface area contributed by atoms with E-state index in [1.165, 1.54) is 17.4 Å². The van der Waals surface area contributed by atoms with E-state index in [4.69, 9.17) is 0 Å². The molecule has 0 spiro atoms. The highest BCUT2D eigenvalue weighted by molar-refractivity contribution is 9.11. The van der Waals surface area contributed by atoms with Crippen LogP contribution in [0, 0.1) is 22.9 Å². The highest BCUT2D eigenvalue weighted by Gasteiger charge is 2.21. The van der Waals surface area contributed by atoms with E-state index < -0.39 is 26.5 Å². The van der Waals surface area contributed by atoms with Gasteiger partial charge in [0.15, 0.2) is 0 Å². The summed E-state index contributed by atoms with van der Waals surface area (Å²) in [5.74, 6) is -1.03. The van der Waals surface area contributed by atoms with Crippen LogP contribution in [-0.4, -0.2) is 13.3 Å². The molecule has 1 aromatic heterocycles. The lowest BCUT2D eigenvalue weighted by atomic mass is 10.3. The third kappa shape index (κ3) is 3.39. The summed E-state index contributed by atoms with van der Waals surface area (Å²) in [6, 6.07) is 4.23. The number of nitrogens with zero attached hydrogens (tertiary/aromatic N) is 1. The second-order valence-electron chi connectivity index (χ2n) is 4.00. The first-order valence-corrected chi connectivity index (χ1v) is 8.52. The van der Waals surface area contributed by atoms with E-state index in [2.05, 4.69) is 20.7 Å². The van der Waals surface area contributed by atoms with Gasteiger partial charge in [-0.25, -0.2) is 8.42 Å². The van der Waals surface area contributed by atoms with Gasteiger partial charge in [-0.1, -0.05) is 0 Å². The standard InChI is InChI=1S/C11H8BrFN2O4S2/c1-6-10(5-11(12)20-6)21(18,19)14-7-2-3-8(13)9(4-7)15(16)17/h2-5,14H,1H3. The molecule has 0 aliphatic rings. The van der Waals surface area contributed by atoms with Gasteiger partial charge in [0, 0.05) is 10.9 Å². The highest BCUT2D eigenvalue weighted by atomic mass is 79.9. The number of rotatable bonds is 4. The number of thiophene rings is 1. The number of aryl methyl sites for hydroxylation is 1. The summed E-state index contributed by atoms with van der Waals surface area (Å²) in [7, 11) is -3.89. The Labute approximate surface area is 131 Å². The molecule has 0 unspecified atom stereocenters. The SMILES string of the molecule is Cc1sc(Br)cc1S(=O)(=O)Nc1ccc(F)c([N+](=O)[O-])c1. The zero-order valence-electron chi connectivity index (χ0n) is 10.5. The molecule has 2 aromatic rings. The molecule has 6 nitrogen and oxygen atoms in total. The Morgan fingerprint density at radius 2 is 2.05 bits per heavy atom. The van der Waals surface area contributed by atoms with Crippen LogP contribution in [-0.2, 0) is 10.0 Å². The van der Waals surface area contributed by atoms with E-state index in [-0.39, 0.29) is 10.6 Å². The Hall–Kier alpha value is -1.52. The number of halogens is 2. The maximum atomic E-state index is 13.2. The van der Waals surface area contributed by atoms with Gasteiger partial charge in [0.2, 0.25) is 5.82 Å². The molecule has 0 radical (unpaired) electrons. The van der Waals surface area contributed by atoms with Crippen LogP contribution in [0.1, 0.15) is 4.88 Å². The van der Waals surface area contributed by atoms with Crippen molar-refractivity contribution in [3.05, 3.63) is 48.9 Å². The third-order valence-electron chi connectivity index (χ3n) is 2.53. The van der Waals surface area contributed by atoms with Gasteiger partial charge in [0.1, 0.15) is 4.90 Å². The van der Waals surface area contributed by atoms with Crippen molar-refractivity contribution in [1.29, 1.82) is 0 Å². The van der Waals surface area contributed by atoms with Crippen molar-refractivity contribution in [1.82, 2.24) is 0 Å². The first-order valence-electron chi connectivity index (χ1n) is 5.43. The molecule has 1 N–H and O–H groups in total. The predicted octanol–water partition coefficient (Wildman–Crippen LogP) is 3.67. The number of nitrogens with one attached hydrogen (secondary N) is 1. The molecular formula is C11H8BrFN2O4S2. The molecule has 0 fully saturated rings. The van der Waals surface area contributed by atoms with Gasteiger partial charge >= 0.3 is 5.69 Å². The lowest BCUT2D eigenvalue weighted by molar-refractivity contribution is -0.387. The maximum absolute atomic E-state index is 13.2. The molecule has 0 aliphatic carbocycles. The van der Waals surface area contributed by atoms with Gasteiger partial charge < -0.3 is 0 Å². The quantitative estimate of drug-likeness (QED) is 0.632. The fraction of sp³-hybridized carbons (Fsp3) is 0.0909. The number of sulfonamides is 1. The van der Waals surface area contributed by atoms with Crippen molar-refractivity contribution < 1.29 is 17.7 Å². The third-order valence-corrected chi connectivity index (χ3v) is 5.72. The second-order valence-corrected chi connectivity index (χ2v) is 8.29. The van der Waals surface area contributed by atoms with Crippen LogP contribution in [0.4, 0.5) is 15.8 Å². The van der Waals surface area contributed by atoms with E-state index >= 15 is 0 Å². The Morgan fingerprint density at radius 3 is 2.57 bits per heavy atom. The first kappa shape index (κ1) is 15.9. The molecule has 0 atom stereocenters. The lowest BCUT2D eigenvalue weighted by Gasteiger charge is -2.07. The summed E-state index contributed by atoms with van der Waals surface area (Å²) in [5.41, 5.74) is -0.872. The summed E-state index contributed by atoms with van der Waals surface area (Å²) in [5, 5.41) is 10.7. The molecule has 0 aliphatic heterocycles. The van der Waals surface area contributed by atoms with Crippen LogP contribution >= 0.6 is 27.3 Å². The van der Waals surface area contributed by atoms with Crippen LogP contribution in [0.2, 0.25) is 0 Å². The fourth-order valence-corrected chi connectivity index (χ4v) is 5.09. The van der Waals surface area contributed by atoms with Crippen LogP contribution in [0.3, 0.4) is 0 Å². The number of anilines is 1. The Bertz CT molecular complexity index is 820. The minimum Gasteiger partial charge on any atom is -0.279 e. The fourth-order valence-electron chi connectivity index (χ4n) is 1.62. The molecular weight excluding hydrogens is 387 g/mol. The highest BCUT2D eigenvalue weighted by Crippen LogP contribution is 2.31. The minimum absolute atomic E-state index is 0.0614. The Balaban J connectivity index is 2.40. The van der Waals surface area contributed by atoms with E-state index in [0.717, 1.165) is 18.2 Å². The van der Waals surface area contributed by atoms with Crippen LogP contribution in [0.5, 0.6) is 0 Å². The number of hydrogen-bond donors (Lipinski definition) is 1. The van der Waals surface area contributed by atoms with Gasteiger partial charge in [-0.15, -0.1) is 11.3 Å². The molecule has 10 heteroatoms. The molecule has 1 heterocycles. The largest absolute Gasteiger partial charge is 0.306 e. The summed E-state index contributed by atoms with van der Waals surface area (Å²) < 4.78 is 40.5. The van der Waals surface area contributed by atoms with Gasteiger partial charge in [-0.3, -0.25) is 14.8 Å². The number of hydrogen-bond acceptors (Lipinski definition) is 5. The number of nitro groups is 1. The van der Waals surface area contributed by atoms with E-state index in [0.29, 0.717) is 8.66 Å². The van der Waals surface area contributed by atoms with Crippen molar-refractivity contribution in [2.24, 2.45) is 0 Å². The number of benzene rings is 1. The van der Waals surface area contributed by atoms with Crippen LogP contribution in [0.15, 0.2) is 32.9 Å².